The Hall–Kier alpha value is -1.84. The third-order valence-electron chi connectivity index (χ3n) is 5.64. The van der Waals surface area contributed by atoms with Crippen molar-refractivity contribution < 1.29 is 15.7 Å². The molecule has 1 unspecified atom stereocenters. The van der Waals surface area contributed by atoms with E-state index in [0.29, 0.717) is 0 Å². The predicted molar refractivity (Wildman–Crippen MR) is 136 cm³/mol. The highest BCUT2D eigenvalue weighted by molar-refractivity contribution is 5.86. The number of H-pyrrole nitrogens is 1. The number of rotatable bonds is 5. The minimum Gasteiger partial charge on any atom is -0.496 e. The number of methoxy groups -OCH3 is 1. The van der Waals surface area contributed by atoms with E-state index in [1.165, 1.54) is 12.0 Å². The number of aromatic nitrogens is 2. The van der Waals surface area contributed by atoms with Gasteiger partial charge in [-0.2, -0.15) is 0 Å². The number of aromatic amines is 1. The molecule has 1 aliphatic rings. The molecule has 10 heteroatoms. The van der Waals surface area contributed by atoms with Crippen LogP contribution in [0.1, 0.15) is 30.4 Å². The van der Waals surface area contributed by atoms with Crippen LogP contribution in [0.25, 0.3) is 11.4 Å². The lowest BCUT2D eigenvalue weighted by Crippen LogP contribution is -2.54. The molecule has 1 saturated heterocycles. The van der Waals surface area contributed by atoms with E-state index in [-0.39, 0.29) is 53.7 Å². The molecule has 0 spiro atoms. The molecule has 1 fully saturated rings. The Morgan fingerprint density at radius 1 is 1.06 bits per heavy atom. The molecular formula is C22H33Cl3N4O3. The van der Waals surface area contributed by atoms with E-state index >= 15 is 0 Å². The predicted octanol–water partition coefficient (Wildman–Crippen LogP) is 3.50. The minimum absolute atomic E-state index is 0. The molecule has 180 valence electrons. The van der Waals surface area contributed by atoms with E-state index in [1.807, 2.05) is 23.3 Å². The standard InChI is InChI=1S/C22H26N4O.3ClH.2H2O/c1-27-20-10-9-17(21-24-12-13-25-21)15-18(20)16-22(11-5-6-14-26(22)23)19-7-3-2-4-8-19;;;;;/h2-4,7-10,12-13,15H,5-6,11,14,16,23H2,1H3,(H,24,25);3*1H;2*1H2. The summed E-state index contributed by atoms with van der Waals surface area (Å²) in [6, 6.07) is 16.9. The van der Waals surface area contributed by atoms with E-state index in [2.05, 4.69) is 46.4 Å². The van der Waals surface area contributed by atoms with Crippen LogP contribution in [0.2, 0.25) is 0 Å². The highest BCUT2D eigenvalue weighted by atomic mass is 35.5. The third kappa shape index (κ3) is 6.36. The molecular weight excluding hydrogens is 475 g/mol. The number of piperidine rings is 1. The third-order valence-corrected chi connectivity index (χ3v) is 5.64. The van der Waals surface area contributed by atoms with Gasteiger partial charge in [-0.15, -0.1) is 37.2 Å². The van der Waals surface area contributed by atoms with Crippen molar-refractivity contribution >= 4 is 37.2 Å². The van der Waals surface area contributed by atoms with Crippen molar-refractivity contribution in [3.63, 3.8) is 0 Å². The van der Waals surface area contributed by atoms with E-state index in [4.69, 9.17) is 10.6 Å². The fourth-order valence-electron chi connectivity index (χ4n) is 4.21. The Kier molecular flexibility index (Phi) is 14.5. The quantitative estimate of drug-likeness (QED) is 0.512. The minimum atomic E-state index is -0.228. The van der Waals surface area contributed by atoms with Gasteiger partial charge in [-0.05, 0) is 55.0 Å². The Morgan fingerprint density at radius 2 is 1.78 bits per heavy atom. The summed E-state index contributed by atoms with van der Waals surface area (Å²) in [6.45, 7) is 0.898. The first-order valence-electron chi connectivity index (χ1n) is 9.47. The number of halogens is 3. The zero-order valence-corrected chi connectivity index (χ0v) is 20.4. The summed E-state index contributed by atoms with van der Waals surface area (Å²) < 4.78 is 5.69. The largest absolute Gasteiger partial charge is 0.496 e. The number of hydrogen-bond acceptors (Lipinski definition) is 4. The summed E-state index contributed by atoms with van der Waals surface area (Å²) in [7, 11) is 1.72. The second kappa shape index (κ2) is 14.3. The van der Waals surface area contributed by atoms with Crippen molar-refractivity contribution in [2.24, 2.45) is 5.84 Å². The van der Waals surface area contributed by atoms with Crippen LogP contribution in [-0.2, 0) is 12.0 Å². The van der Waals surface area contributed by atoms with Crippen molar-refractivity contribution in [2.45, 2.75) is 31.2 Å². The van der Waals surface area contributed by atoms with Crippen molar-refractivity contribution in [2.75, 3.05) is 13.7 Å². The molecule has 7 nitrogen and oxygen atoms in total. The van der Waals surface area contributed by atoms with Crippen molar-refractivity contribution in [1.82, 2.24) is 15.0 Å². The molecule has 0 saturated carbocycles. The van der Waals surface area contributed by atoms with Gasteiger partial charge in [0.25, 0.3) is 0 Å². The van der Waals surface area contributed by atoms with Crippen LogP contribution in [0.5, 0.6) is 5.75 Å². The number of imidazole rings is 1. The number of nitrogens with two attached hydrogens (primary N) is 1. The lowest BCUT2D eigenvalue weighted by Gasteiger charge is -2.45. The lowest BCUT2D eigenvalue weighted by molar-refractivity contribution is 0.0421. The Labute approximate surface area is 207 Å². The average molecular weight is 508 g/mol. The summed E-state index contributed by atoms with van der Waals surface area (Å²) in [6.07, 6.45) is 7.74. The van der Waals surface area contributed by atoms with Crippen molar-refractivity contribution in [3.8, 4) is 17.1 Å². The maximum Gasteiger partial charge on any atom is 0.137 e. The van der Waals surface area contributed by atoms with Gasteiger partial charge in [0, 0.05) is 24.5 Å². The number of ether oxygens (including phenoxy) is 1. The smallest absolute Gasteiger partial charge is 0.137 e. The molecule has 1 atom stereocenters. The monoisotopic (exact) mass is 506 g/mol. The second-order valence-corrected chi connectivity index (χ2v) is 7.19. The SMILES string of the molecule is COc1ccc(-c2ncc[nH]2)cc1CC1(c2ccccc2)CCCCN1N.Cl.Cl.Cl.O.O. The number of benzene rings is 2. The number of hydrazine groups is 1. The molecule has 0 radical (unpaired) electrons. The highest BCUT2D eigenvalue weighted by Crippen LogP contribution is 2.41. The molecule has 2 aromatic carbocycles. The summed E-state index contributed by atoms with van der Waals surface area (Å²) in [5.74, 6) is 8.34. The maximum absolute atomic E-state index is 6.59. The van der Waals surface area contributed by atoms with E-state index < -0.39 is 0 Å². The van der Waals surface area contributed by atoms with Crippen molar-refractivity contribution in [1.29, 1.82) is 0 Å². The van der Waals surface area contributed by atoms with Gasteiger partial charge in [0.15, 0.2) is 0 Å². The highest BCUT2D eigenvalue weighted by Gasteiger charge is 2.39. The van der Waals surface area contributed by atoms with Gasteiger partial charge < -0.3 is 20.7 Å². The molecule has 1 aromatic heterocycles. The van der Waals surface area contributed by atoms with Crippen LogP contribution in [-0.4, -0.2) is 39.6 Å². The Bertz CT molecular complexity index is 901. The summed E-state index contributed by atoms with van der Waals surface area (Å²) >= 11 is 0. The van der Waals surface area contributed by atoms with Gasteiger partial charge in [-0.25, -0.2) is 9.99 Å². The van der Waals surface area contributed by atoms with E-state index in [9.17, 15) is 0 Å². The molecule has 1 aliphatic heterocycles. The zero-order chi connectivity index (χ0) is 18.7. The first-order valence-corrected chi connectivity index (χ1v) is 9.47. The molecule has 4 rings (SSSR count). The second-order valence-electron chi connectivity index (χ2n) is 7.19. The summed E-state index contributed by atoms with van der Waals surface area (Å²) in [4.78, 5) is 7.57. The molecule has 3 aromatic rings. The molecule has 2 heterocycles. The van der Waals surface area contributed by atoms with E-state index in [1.54, 1.807) is 13.3 Å². The average Bonchev–Trinajstić information content (AvgIpc) is 3.25. The van der Waals surface area contributed by atoms with Crippen molar-refractivity contribution in [3.05, 3.63) is 72.1 Å². The van der Waals surface area contributed by atoms with Gasteiger partial charge in [-0.1, -0.05) is 30.3 Å². The zero-order valence-electron chi connectivity index (χ0n) is 17.9. The molecule has 0 bridgehead atoms. The fraction of sp³-hybridized carbons (Fsp3) is 0.318. The topological polar surface area (TPSA) is 130 Å². The lowest BCUT2D eigenvalue weighted by atomic mass is 9.76. The molecule has 7 N–H and O–H groups in total. The summed E-state index contributed by atoms with van der Waals surface area (Å²) in [5, 5.41) is 2.03. The summed E-state index contributed by atoms with van der Waals surface area (Å²) in [5.41, 5.74) is 3.23. The van der Waals surface area contributed by atoms with E-state index in [0.717, 1.165) is 48.5 Å². The number of nitrogens with zero attached hydrogens (tertiary/aromatic N) is 2. The number of hydrogen-bond donors (Lipinski definition) is 2. The van der Waals surface area contributed by atoms with Gasteiger partial charge in [-0.3, -0.25) is 5.84 Å². The van der Waals surface area contributed by atoms with Crippen LogP contribution in [0.3, 0.4) is 0 Å². The number of nitrogens with one attached hydrogen (secondary N) is 1. The van der Waals surface area contributed by atoms with Crippen LogP contribution in [0.15, 0.2) is 60.9 Å². The Balaban J connectivity index is 0. The Morgan fingerprint density at radius 3 is 2.38 bits per heavy atom. The molecule has 32 heavy (non-hydrogen) atoms. The van der Waals surface area contributed by atoms with Gasteiger partial charge in [0.2, 0.25) is 0 Å². The van der Waals surface area contributed by atoms with Crippen LogP contribution in [0, 0.1) is 0 Å². The fourth-order valence-corrected chi connectivity index (χ4v) is 4.21. The van der Waals surface area contributed by atoms with Crippen LogP contribution >= 0.6 is 37.2 Å². The first kappa shape index (κ1) is 32.3. The molecule has 0 aliphatic carbocycles. The van der Waals surface area contributed by atoms with Gasteiger partial charge in [0.1, 0.15) is 11.6 Å². The van der Waals surface area contributed by atoms with Gasteiger partial charge >= 0.3 is 0 Å². The molecule has 0 amide bonds. The van der Waals surface area contributed by atoms with Crippen LogP contribution in [0.4, 0.5) is 0 Å². The van der Waals surface area contributed by atoms with Gasteiger partial charge in [0.05, 0.1) is 12.6 Å². The first-order chi connectivity index (χ1) is 13.2. The normalized spacial score (nSPS) is 17.3. The maximum atomic E-state index is 6.59. The van der Waals surface area contributed by atoms with Crippen LogP contribution < -0.4 is 10.6 Å².